The van der Waals surface area contributed by atoms with Crippen LogP contribution in [-0.4, -0.2) is 25.4 Å². The average molecular weight is 186 g/mol. The fraction of sp³-hybridized carbons (Fsp3) is 1.00. The third-order valence-corrected chi connectivity index (χ3v) is 2.46. The van der Waals surface area contributed by atoms with Crippen LogP contribution in [0.2, 0.25) is 0 Å². The maximum absolute atomic E-state index is 5.74. The van der Waals surface area contributed by atoms with Gasteiger partial charge in [0.15, 0.2) is 0 Å². The van der Waals surface area contributed by atoms with Gasteiger partial charge in [-0.05, 0) is 13.3 Å². The molecule has 0 bridgehead atoms. The minimum Gasteiger partial charge on any atom is -0.376 e. The highest BCUT2D eigenvalue weighted by atomic mass is 16.6. The van der Waals surface area contributed by atoms with Crippen LogP contribution in [0.1, 0.15) is 46.0 Å². The van der Waals surface area contributed by atoms with E-state index in [0.717, 1.165) is 13.2 Å². The summed E-state index contributed by atoms with van der Waals surface area (Å²) in [5.41, 5.74) is 0. The molecule has 1 rings (SSSR count). The normalized spacial score (nSPS) is 29.1. The molecule has 2 atom stereocenters. The topological polar surface area (TPSA) is 18.5 Å². The third-order valence-electron chi connectivity index (χ3n) is 2.46. The summed E-state index contributed by atoms with van der Waals surface area (Å²) in [5, 5.41) is 0. The summed E-state index contributed by atoms with van der Waals surface area (Å²) in [4.78, 5) is 0. The molecule has 0 aromatic heterocycles. The van der Waals surface area contributed by atoms with Crippen molar-refractivity contribution in [3.05, 3.63) is 0 Å². The van der Waals surface area contributed by atoms with Gasteiger partial charge in [0.1, 0.15) is 0 Å². The van der Waals surface area contributed by atoms with Gasteiger partial charge in [-0.2, -0.15) is 0 Å². The molecular weight excluding hydrogens is 164 g/mol. The van der Waals surface area contributed by atoms with E-state index in [1.807, 2.05) is 0 Å². The van der Waals surface area contributed by atoms with Crippen molar-refractivity contribution in [3.63, 3.8) is 0 Å². The van der Waals surface area contributed by atoms with Crippen molar-refractivity contribution >= 4 is 0 Å². The molecule has 13 heavy (non-hydrogen) atoms. The molecule has 0 aromatic carbocycles. The van der Waals surface area contributed by atoms with Crippen LogP contribution in [0.15, 0.2) is 0 Å². The summed E-state index contributed by atoms with van der Waals surface area (Å²) >= 11 is 0. The molecule has 0 aromatic rings. The van der Waals surface area contributed by atoms with Crippen LogP contribution in [0.3, 0.4) is 0 Å². The fourth-order valence-corrected chi connectivity index (χ4v) is 1.72. The summed E-state index contributed by atoms with van der Waals surface area (Å²) < 4.78 is 11.2. The number of unbranched alkanes of at least 4 members (excludes halogenated alkanes) is 3. The van der Waals surface area contributed by atoms with E-state index in [1.165, 1.54) is 32.1 Å². The first-order valence-corrected chi connectivity index (χ1v) is 5.56. The Kier molecular flexibility index (Phi) is 5.40. The Morgan fingerprint density at radius 3 is 2.69 bits per heavy atom. The molecule has 1 saturated heterocycles. The predicted molar refractivity (Wildman–Crippen MR) is 53.9 cm³/mol. The average Bonchev–Trinajstić information content (AvgIpc) is 2.13. The van der Waals surface area contributed by atoms with E-state index >= 15 is 0 Å². The molecule has 0 aliphatic carbocycles. The van der Waals surface area contributed by atoms with Gasteiger partial charge in [-0.25, -0.2) is 0 Å². The van der Waals surface area contributed by atoms with Crippen LogP contribution in [0.25, 0.3) is 0 Å². The summed E-state index contributed by atoms with van der Waals surface area (Å²) in [5.74, 6) is 0. The van der Waals surface area contributed by atoms with E-state index in [9.17, 15) is 0 Å². The van der Waals surface area contributed by atoms with E-state index in [1.54, 1.807) is 0 Å². The van der Waals surface area contributed by atoms with E-state index < -0.39 is 0 Å². The van der Waals surface area contributed by atoms with Gasteiger partial charge in [-0.15, -0.1) is 0 Å². The highest BCUT2D eigenvalue weighted by molar-refractivity contribution is 4.65. The Hall–Kier alpha value is -0.0800. The lowest BCUT2D eigenvalue weighted by Gasteiger charge is -2.27. The second-order valence-corrected chi connectivity index (χ2v) is 3.96. The lowest BCUT2D eigenvalue weighted by molar-refractivity contribution is -0.133. The number of ether oxygens (including phenoxy) is 2. The fourth-order valence-electron chi connectivity index (χ4n) is 1.72. The molecule has 1 fully saturated rings. The molecule has 0 N–H and O–H groups in total. The minimum absolute atomic E-state index is 0.296. The van der Waals surface area contributed by atoms with Crippen molar-refractivity contribution in [2.75, 3.05) is 13.2 Å². The third kappa shape index (κ3) is 4.63. The Balaban J connectivity index is 2.00. The van der Waals surface area contributed by atoms with Crippen LogP contribution in [0.4, 0.5) is 0 Å². The van der Waals surface area contributed by atoms with Gasteiger partial charge in [0, 0.05) is 0 Å². The van der Waals surface area contributed by atoms with E-state index in [-0.39, 0.29) is 0 Å². The van der Waals surface area contributed by atoms with Gasteiger partial charge in [-0.1, -0.05) is 32.6 Å². The molecule has 2 unspecified atom stereocenters. The first-order valence-electron chi connectivity index (χ1n) is 5.56. The number of hydrogen-bond acceptors (Lipinski definition) is 2. The van der Waals surface area contributed by atoms with E-state index in [2.05, 4.69) is 13.8 Å². The Morgan fingerprint density at radius 2 is 2.00 bits per heavy atom. The summed E-state index contributed by atoms with van der Waals surface area (Å²) in [6, 6.07) is 0. The molecule has 1 heterocycles. The summed E-state index contributed by atoms with van der Waals surface area (Å²) in [7, 11) is 0. The second kappa shape index (κ2) is 6.39. The summed E-state index contributed by atoms with van der Waals surface area (Å²) in [6.45, 7) is 5.89. The first-order chi connectivity index (χ1) is 6.33. The molecule has 1 aliphatic heterocycles. The van der Waals surface area contributed by atoms with Gasteiger partial charge in [0.2, 0.25) is 0 Å². The zero-order valence-electron chi connectivity index (χ0n) is 8.92. The Labute approximate surface area is 81.6 Å². The van der Waals surface area contributed by atoms with Crippen LogP contribution >= 0.6 is 0 Å². The summed E-state index contributed by atoms with van der Waals surface area (Å²) in [6.07, 6.45) is 7.11. The highest BCUT2D eigenvalue weighted by Gasteiger charge is 2.18. The highest BCUT2D eigenvalue weighted by Crippen LogP contribution is 2.14. The van der Waals surface area contributed by atoms with E-state index in [4.69, 9.17) is 9.47 Å². The van der Waals surface area contributed by atoms with Gasteiger partial charge < -0.3 is 9.47 Å². The van der Waals surface area contributed by atoms with Crippen LogP contribution < -0.4 is 0 Å². The van der Waals surface area contributed by atoms with Crippen molar-refractivity contribution in [2.24, 2.45) is 0 Å². The van der Waals surface area contributed by atoms with Crippen molar-refractivity contribution < 1.29 is 9.47 Å². The molecule has 0 radical (unpaired) electrons. The molecule has 2 nitrogen and oxygen atoms in total. The largest absolute Gasteiger partial charge is 0.376 e. The predicted octanol–water partition coefficient (Wildman–Crippen LogP) is 2.76. The van der Waals surface area contributed by atoms with E-state index in [0.29, 0.717) is 12.2 Å². The minimum atomic E-state index is 0.296. The molecule has 0 saturated carbocycles. The molecule has 78 valence electrons. The van der Waals surface area contributed by atoms with Gasteiger partial charge >= 0.3 is 0 Å². The maximum atomic E-state index is 5.74. The number of hydrogen-bond donors (Lipinski definition) is 0. The molecular formula is C11H22O2. The standard InChI is InChI=1S/C11H22O2/c1-3-4-5-6-7-11-9-12-8-10(2)13-11/h10-11H,3-9H2,1-2H3. The number of rotatable bonds is 5. The first kappa shape index (κ1) is 11.0. The van der Waals surface area contributed by atoms with Crippen molar-refractivity contribution in [2.45, 2.75) is 58.2 Å². The molecule has 2 heteroatoms. The SMILES string of the molecule is CCCCCCC1COCC(C)O1. The van der Waals surface area contributed by atoms with Crippen molar-refractivity contribution in [3.8, 4) is 0 Å². The van der Waals surface area contributed by atoms with Crippen molar-refractivity contribution in [1.29, 1.82) is 0 Å². The monoisotopic (exact) mass is 186 g/mol. The molecule has 0 amide bonds. The Morgan fingerprint density at radius 1 is 1.15 bits per heavy atom. The van der Waals surface area contributed by atoms with Crippen LogP contribution in [0, 0.1) is 0 Å². The lowest BCUT2D eigenvalue weighted by atomic mass is 10.1. The zero-order valence-corrected chi connectivity index (χ0v) is 8.92. The quantitative estimate of drug-likeness (QED) is 0.615. The van der Waals surface area contributed by atoms with Crippen LogP contribution in [0.5, 0.6) is 0 Å². The van der Waals surface area contributed by atoms with Crippen molar-refractivity contribution in [1.82, 2.24) is 0 Å². The smallest absolute Gasteiger partial charge is 0.0813 e. The zero-order chi connectivity index (χ0) is 9.52. The molecule has 1 aliphatic rings. The second-order valence-electron chi connectivity index (χ2n) is 3.96. The lowest BCUT2D eigenvalue weighted by Crippen LogP contribution is -2.34. The maximum Gasteiger partial charge on any atom is 0.0813 e. The molecule has 0 spiro atoms. The van der Waals surface area contributed by atoms with Gasteiger partial charge in [0.05, 0.1) is 25.4 Å². The van der Waals surface area contributed by atoms with Crippen LogP contribution in [-0.2, 0) is 9.47 Å². The van der Waals surface area contributed by atoms with Gasteiger partial charge in [-0.3, -0.25) is 0 Å². The van der Waals surface area contributed by atoms with Gasteiger partial charge in [0.25, 0.3) is 0 Å². The Bertz CT molecular complexity index is 125.